The normalized spacial score (nSPS) is 46.0. The Kier molecular flexibility index (Phi) is 16.3. The molecule has 8 saturated carbocycles. The van der Waals surface area contributed by atoms with Crippen molar-refractivity contribution in [3.63, 3.8) is 0 Å². The highest BCUT2D eigenvalue weighted by molar-refractivity contribution is 6.18. The third kappa shape index (κ3) is 9.59. The van der Waals surface area contributed by atoms with Crippen LogP contribution in [0.25, 0.3) is 0 Å². The first-order valence-electron chi connectivity index (χ1n) is 29.1. The van der Waals surface area contributed by atoms with Gasteiger partial charge < -0.3 is 39.2 Å². The van der Waals surface area contributed by atoms with E-state index < -0.39 is 59.1 Å². The van der Waals surface area contributed by atoms with Gasteiger partial charge in [0.2, 0.25) is 0 Å². The highest BCUT2D eigenvalue weighted by Crippen LogP contribution is 2.77. The molecule has 0 bridgehead atoms. The van der Waals surface area contributed by atoms with Gasteiger partial charge in [0.1, 0.15) is 12.2 Å². The van der Waals surface area contributed by atoms with Crippen molar-refractivity contribution in [1.29, 1.82) is 0 Å². The first-order chi connectivity index (χ1) is 35.0. The first-order valence-corrected chi connectivity index (χ1v) is 29.1. The maximum atomic E-state index is 13.6. The summed E-state index contributed by atoms with van der Waals surface area (Å²) in [5, 5.41) is 45.0. The summed E-state index contributed by atoms with van der Waals surface area (Å²) in [6, 6.07) is 0. The van der Waals surface area contributed by atoms with E-state index in [2.05, 4.69) is 67.5 Å². The first kappa shape index (κ1) is 57.9. The molecule has 0 radical (unpaired) electrons. The molecule has 0 aromatic heterocycles. The van der Waals surface area contributed by atoms with Crippen LogP contribution in [-0.2, 0) is 38.0 Å². The van der Waals surface area contributed by atoms with Crippen molar-refractivity contribution in [3.05, 3.63) is 45.6 Å². The summed E-state index contributed by atoms with van der Waals surface area (Å²) < 4.78 is 27.4. The number of carboxylic acids is 2. The average Bonchev–Trinajstić information content (AvgIpc) is 3.75. The van der Waals surface area contributed by atoms with E-state index >= 15 is 0 Å². The summed E-state index contributed by atoms with van der Waals surface area (Å²) in [4.78, 5) is 53.2. The quantitative estimate of drug-likeness (QED) is 0.0559. The molecule has 8 aliphatic rings. The summed E-state index contributed by atoms with van der Waals surface area (Å²) in [7, 11) is -0.0310. The Balaban J connectivity index is 1.24. The summed E-state index contributed by atoms with van der Waals surface area (Å²) in [5.41, 5.74) is 2.21. The highest BCUT2D eigenvalue weighted by Gasteiger charge is 2.73. The van der Waals surface area contributed by atoms with Crippen LogP contribution in [-0.4, -0.2) is 88.6 Å². The van der Waals surface area contributed by atoms with Crippen molar-refractivity contribution in [3.8, 4) is 0 Å². The largest absolute Gasteiger partial charge is 0.478 e. The molecule has 8 fully saturated rings. The average molecular weight is 1040 g/mol. The molecular formula is C62H95BO12. The fraction of sp³-hybridized carbons (Fsp3) is 0.806. The van der Waals surface area contributed by atoms with Crippen molar-refractivity contribution >= 4 is 31.6 Å². The number of fused-ring (bicyclic) bond motifs is 10. The second-order valence-corrected chi connectivity index (χ2v) is 27.7. The van der Waals surface area contributed by atoms with Gasteiger partial charge in [-0.05, 0) is 221 Å². The number of hydrogen-bond acceptors (Lipinski definition) is 10. The van der Waals surface area contributed by atoms with E-state index in [1.807, 2.05) is 27.7 Å². The van der Waals surface area contributed by atoms with Gasteiger partial charge in [-0.2, -0.15) is 0 Å². The number of carboxylic acid groups (broad SMARTS) is 2. The minimum atomic E-state index is -0.983. The van der Waals surface area contributed by atoms with Crippen LogP contribution >= 0.6 is 0 Å². The van der Waals surface area contributed by atoms with Crippen LogP contribution in [0, 0.1) is 79.8 Å². The molecule has 8 aliphatic carbocycles. The van der Waals surface area contributed by atoms with Gasteiger partial charge in [-0.15, -0.1) is 0 Å². The minimum absolute atomic E-state index is 0.00444. The smallest absolute Gasteiger partial charge is 0.438 e. The fourth-order valence-corrected chi connectivity index (χ4v) is 20.0. The van der Waals surface area contributed by atoms with Crippen molar-refractivity contribution < 1.29 is 58.4 Å². The molecule has 0 amide bonds. The summed E-state index contributed by atoms with van der Waals surface area (Å²) >= 11 is 0. The molecule has 75 heavy (non-hydrogen) atoms. The van der Waals surface area contributed by atoms with Crippen molar-refractivity contribution in [2.45, 2.75) is 236 Å². The zero-order chi connectivity index (χ0) is 55.1. The lowest BCUT2D eigenvalue weighted by Gasteiger charge is -2.70. The SMILES string of the molecule is CC(=O)OC1CC2(C)C(CC(OBOC3CC4/C(=C(\CCC=C(C)C)C(=O)O)C(OC(C)=O)CC4(C)C4(C)CCC5C(C)C(O)CCC5(C)C34)C3C4(C)CCC(O)C(C)C4CCC32C)/C1=C(\CCC=C(C)C)C(=O)O. The molecule has 0 spiro atoms. The van der Waals surface area contributed by atoms with Crippen LogP contribution in [0.4, 0.5) is 0 Å². The predicted molar refractivity (Wildman–Crippen MR) is 290 cm³/mol. The van der Waals surface area contributed by atoms with Gasteiger partial charge in [0.25, 0.3) is 0 Å². The van der Waals surface area contributed by atoms with E-state index in [1.54, 1.807) is 0 Å². The van der Waals surface area contributed by atoms with Gasteiger partial charge in [-0.1, -0.05) is 78.7 Å². The Morgan fingerprint density at radius 1 is 0.560 bits per heavy atom. The van der Waals surface area contributed by atoms with Gasteiger partial charge in [0, 0.05) is 37.2 Å². The maximum Gasteiger partial charge on any atom is 0.438 e. The number of ether oxygens (including phenoxy) is 2. The Morgan fingerprint density at radius 2 is 0.920 bits per heavy atom. The Bertz CT molecular complexity index is 2200. The number of carbonyl (C=O) groups is 4. The molecule has 12 nitrogen and oxygen atoms in total. The molecule has 20 unspecified atom stereocenters. The molecule has 4 N–H and O–H groups in total. The summed E-state index contributed by atoms with van der Waals surface area (Å²) in [5.74, 6) is -2.67. The van der Waals surface area contributed by atoms with Crippen molar-refractivity contribution in [1.82, 2.24) is 0 Å². The van der Waals surface area contributed by atoms with E-state index in [0.29, 0.717) is 75.4 Å². The molecule has 0 aliphatic heterocycles. The molecule has 20 atom stereocenters. The molecule has 8 rings (SSSR count). The van der Waals surface area contributed by atoms with Gasteiger partial charge in [0.05, 0.1) is 12.2 Å². The zero-order valence-electron chi connectivity index (χ0n) is 48.3. The molecular weight excluding hydrogens is 947 g/mol. The number of aliphatic carboxylic acids is 2. The number of carbonyl (C=O) groups excluding carboxylic acids is 2. The van der Waals surface area contributed by atoms with Crippen LogP contribution < -0.4 is 0 Å². The monoisotopic (exact) mass is 1040 g/mol. The molecule has 0 heterocycles. The van der Waals surface area contributed by atoms with Crippen molar-refractivity contribution in [2.75, 3.05) is 0 Å². The van der Waals surface area contributed by atoms with Crippen LogP contribution in [0.15, 0.2) is 45.6 Å². The fourth-order valence-electron chi connectivity index (χ4n) is 20.0. The number of aliphatic hydroxyl groups is 2. The van der Waals surface area contributed by atoms with Crippen LogP contribution in [0.5, 0.6) is 0 Å². The third-order valence-electron chi connectivity index (χ3n) is 23.7. The minimum Gasteiger partial charge on any atom is -0.478 e. The van der Waals surface area contributed by atoms with Gasteiger partial charge in [-0.3, -0.25) is 9.59 Å². The molecule has 0 aromatic carbocycles. The van der Waals surface area contributed by atoms with E-state index in [0.717, 1.165) is 60.8 Å². The van der Waals surface area contributed by atoms with E-state index in [1.165, 1.54) is 13.8 Å². The zero-order valence-corrected chi connectivity index (χ0v) is 48.3. The van der Waals surface area contributed by atoms with Crippen LogP contribution in [0.1, 0.15) is 200 Å². The van der Waals surface area contributed by atoms with Gasteiger partial charge in [-0.25, -0.2) is 9.59 Å². The van der Waals surface area contributed by atoms with Crippen LogP contribution in [0.2, 0.25) is 0 Å². The van der Waals surface area contributed by atoms with E-state index in [9.17, 15) is 39.6 Å². The Hall–Kier alpha value is -3.26. The molecule has 0 saturated heterocycles. The molecule has 0 aromatic rings. The second-order valence-electron chi connectivity index (χ2n) is 27.7. The van der Waals surface area contributed by atoms with Gasteiger partial charge in [0.15, 0.2) is 0 Å². The van der Waals surface area contributed by atoms with E-state index in [4.69, 9.17) is 18.8 Å². The van der Waals surface area contributed by atoms with Gasteiger partial charge >= 0.3 is 31.6 Å². The standard InChI is InChI=1S/C62H95BO12/c1-33(2)17-15-19-39(55(68)69)51-43-29-47(53-57(9)25-23-45(66)35(5)41(57)21-27-59(53,11)61(43,13)31-49(51)72-37(7)64)74-63-75-48-30-44-52(40(56(70)71)20-16-18-34(3)4)50(73-38(8)65)32-62(44,14)60(12)28-22-42-36(6)46(67)24-26-58(42,10)54(48)60/h17-18,35-36,41-50,53-54,63,66-67H,15-16,19-32H2,1-14H3,(H,68,69)(H,70,71)/b51-39-,52-40-. The van der Waals surface area contributed by atoms with Crippen molar-refractivity contribution in [2.24, 2.45) is 79.8 Å². The molecule has 418 valence electrons. The lowest BCUT2D eigenvalue weighted by Crippen LogP contribution is -2.67. The van der Waals surface area contributed by atoms with E-state index in [-0.39, 0.29) is 88.9 Å². The Labute approximate surface area is 450 Å². The topological polar surface area (TPSA) is 186 Å². The predicted octanol–water partition coefficient (Wildman–Crippen LogP) is 11.7. The summed E-state index contributed by atoms with van der Waals surface area (Å²) in [6.45, 7) is 29.6. The lowest BCUT2D eigenvalue weighted by atomic mass is 9.36. The number of aliphatic hydroxyl groups excluding tert-OH is 2. The Morgan fingerprint density at radius 3 is 1.24 bits per heavy atom. The number of esters is 2. The summed E-state index contributed by atoms with van der Waals surface area (Å²) in [6.07, 6.45) is 11.6. The van der Waals surface area contributed by atoms with Crippen LogP contribution in [0.3, 0.4) is 0 Å². The lowest BCUT2D eigenvalue weighted by molar-refractivity contribution is -0.239. The third-order valence-corrected chi connectivity index (χ3v) is 23.7. The highest BCUT2D eigenvalue weighted by atomic mass is 16.6. The molecule has 13 heteroatoms. The number of allylic oxidation sites excluding steroid dienone is 4. The number of hydrogen-bond donors (Lipinski definition) is 4. The second kappa shape index (κ2) is 21.1. The maximum absolute atomic E-state index is 13.6. The number of rotatable bonds is 14.